The van der Waals surface area contributed by atoms with E-state index in [1.54, 1.807) is 56.3 Å². The van der Waals surface area contributed by atoms with Crippen LogP contribution in [0.25, 0.3) is 0 Å². The molecule has 0 radical (unpaired) electrons. The number of carboxylic acid groups (broad SMARTS) is 1. The van der Waals surface area contributed by atoms with Crippen LogP contribution < -0.4 is 21.7 Å². The Kier molecular flexibility index (Phi) is 16.5. The maximum atomic E-state index is 14.1. The van der Waals surface area contributed by atoms with Crippen LogP contribution in [0.1, 0.15) is 86.6 Å². The quantitative estimate of drug-likeness (QED) is 0.0708. The number of aliphatic carboxylic acids is 1. The van der Waals surface area contributed by atoms with Gasteiger partial charge in [-0.25, -0.2) is 4.98 Å². The van der Waals surface area contributed by atoms with Gasteiger partial charge in [0.05, 0.1) is 26.1 Å². The maximum absolute atomic E-state index is 14.1. The van der Waals surface area contributed by atoms with Gasteiger partial charge in [-0.05, 0) is 69.4 Å². The van der Waals surface area contributed by atoms with Crippen molar-refractivity contribution in [3.8, 4) is 0 Å². The van der Waals surface area contributed by atoms with Crippen molar-refractivity contribution in [3.63, 3.8) is 0 Å². The minimum absolute atomic E-state index is 0.0498. The van der Waals surface area contributed by atoms with Crippen LogP contribution in [0.15, 0.2) is 60.9 Å². The van der Waals surface area contributed by atoms with Gasteiger partial charge in [0.2, 0.25) is 17.7 Å². The molecule has 4 rings (SSSR count). The predicted octanol–water partition coefficient (Wildman–Crippen LogP) is 2.24. The van der Waals surface area contributed by atoms with Crippen LogP contribution in [0.3, 0.4) is 0 Å². The minimum Gasteiger partial charge on any atom is -0.481 e. The normalized spacial score (nSPS) is 14.8. The minimum atomic E-state index is -1.20. The first-order valence-electron chi connectivity index (χ1n) is 19.4. The van der Waals surface area contributed by atoms with Crippen LogP contribution in [0, 0.1) is 0 Å². The van der Waals surface area contributed by atoms with E-state index in [1.807, 2.05) is 30.3 Å². The number of carbonyl (C=O) groups is 7. The Balaban J connectivity index is 1.48. The average Bonchev–Trinajstić information content (AvgIpc) is 3.67. The van der Waals surface area contributed by atoms with E-state index < -0.39 is 59.4 Å². The molecule has 7 N–H and O–H groups in total. The Labute approximate surface area is 342 Å². The summed E-state index contributed by atoms with van der Waals surface area (Å²) in [7, 11) is 1.23. The van der Waals surface area contributed by atoms with Crippen LogP contribution in [-0.4, -0.2) is 110 Å². The SMILES string of the molecule is COC(=O)CC1Nc2ccc(C(=O)N(Cc3ccccc3)Cc3ncc[nH]3)cc2CN(CCCNC(=O)C(CCC(=O)OC(C)(C)C)NC(=O)[C@@H](N)CCC(=O)O)C1=O. The second-order valence-electron chi connectivity index (χ2n) is 15.2. The summed E-state index contributed by atoms with van der Waals surface area (Å²) in [4.78, 5) is 100. The van der Waals surface area contributed by atoms with E-state index in [4.69, 9.17) is 20.3 Å². The predicted molar refractivity (Wildman–Crippen MR) is 214 cm³/mol. The van der Waals surface area contributed by atoms with E-state index in [-0.39, 0.29) is 70.6 Å². The number of amides is 4. The third-order valence-electron chi connectivity index (χ3n) is 9.25. The van der Waals surface area contributed by atoms with Gasteiger partial charge in [0.15, 0.2) is 0 Å². The van der Waals surface area contributed by atoms with Gasteiger partial charge in [0.25, 0.3) is 5.91 Å². The van der Waals surface area contributed by atoms with Gasteiger partial charge in [-0.3, -0.25) is 33.6 Å². The highest BCUT2D eigenvalue weighted by atomic mass is 16.6. The molecule has 0 saturated heterocycles. The molecule has 0 saturated carbocycles. The first kappa shape index (κ1) is 45.4. The van der Waals surface area contributed by atoms with Gasteiger partial charge in [-0.15, -0.1) is 0 Å². The molecule has 2 aromatic carbocycles. The van der Waals surface area contributed by atoms with Crippen molar-refractivity contribution in [2.75, 3.05) is 25.5 Å². The number of nitrogens with one attached hydrogen (secondary N) is 4. The number of aromatic nitrogens is 2. The number of benzene rings is 2. The van der Waals surface area contributed by atoms with E-state index in [0.717, 1.165) is 5.56 Å². The summed E-state index contributed by atoms with van der Waals surface area (Å²) in [5.41, 5.74) is 7.59. The van der Waals surface area contributed by atoms with E-state index in [0.29, 0.717) is 29.2 Å². The Morgan fingerprint density at radius 3 is 2.42 bits per heavy atom. The molecule has 3 atom stereocenters. The third-order valence-corrected chi connectivity index (χ3v) is 9.25. The van der Waals surface area contributed by atoms with Crippen molar-refractivity contribution >= 4 is 47.2 Å². The van der Waals surface area contributed by atoms with Crippen molar-refractivity contribution < 1.29 is 48.1 Å². The number of hydrogen-bond donors (Lipinski definition) is 6. The molecule has 18 nitrogen and oxygen atoms in total. The number of hydrogen-bond acceptors (Lipinski definition) is 12. The number of nitrogens with two attached hydrogens (primary N) is 1. The number of fused-ring (bicyclic) bond motifs is 1. The summed E-state index contributed by atoms with van der Waals surface area (Å²) >= 11 is 0. The van der Waals surface area contributed by atoms with Crippen molar-refractivity contribution in [3.05, 3.63) is 83.4 Å². The van der Waals surface area contributed by atoms with Crippen molar-refractivity contribution in [2.45, 2.75) is 103 Å². The summed E-state index contributed by atoms with van der Waals surface area (Å²) in [6.45, 7) is 5.88. The lowest BCUT2D eigenvalue weighted by molar-refractivity contribution is -0.155. The Morgan fingerprint density at radius 1 is 1.02 bits per heavy atom. The molecule has 0 fully saturated rings. The topological polar surface area (TPSA) is 255 Å². The summed E-state index contributed by atoms with van der Waals surface area (Å²) in [6, 6.07) is 11.2. The third kappa shape index (κ3) is 14.5. The molecule has 0 aliphatic carbocycles. The molecule has 2 unspecified atom stereocenters. The Hall–Kier alpha value is -6.30. The zero-order valence-electron chi connectivity index (χ0n) is 33.8. The number of nitrogens with zero attached hydrogens (tertiary/aromatic N) is 3. The highest BCUT2D eigenvalue weighted by Crippen LogP contribution is 2.27. The molecule has 2 heterocycles. The number of carbonyl (C=O) groups excluding carboxylic acids is 6. The number of esters is 2. The fraction of sp³-hybridized carbons (Fsp3) is 0.463. The number of carboxylic acids is 1. The van der Waals surface area contributed by atoms with Crippen LogP contribution in [0.2, 0.25) is 0 Å². The second kappa shape index (κ2) is 21.5. The lowest BCUT2D eigenvalue weighted by Gasteiger charge is -2.25. The molecule has 18 heteroatoms. The van der Waals surface area contributed by atoms with Gasteiger partial charge >= 0.3 is 17.9 Å². The van der Waals surface area contributed by atoms with Gasteiger partial charge in [-0.2, -0.15) is 0 Å². The average molecular weight is 819 g/mol. The van der Waals surface area contributed by atoms with Gasteiger partial charge in [-0.1, -0.05) is 30.3 Å². The molecule has 59 heavy (non-hydrogen) atoms. The zero-order chi connectivity index (χ0) is 43.1. The highest BCUT2D eigenvalue weighted by molar-refractivity contribution is 5.96. The molecule has 4 amide bonds. The van der Waals surface area contributed by atoms with E-state index in [2.05, 4.69) is 25.9 Å². The summed E-state index contributed by atoms with van der Waals surface area (Å²) < 4.78 is 10.2. The second-order valence-corrected chi connectivity index (χ2v) is 15.2. The molecule has 1 aliphatic heterocycles. The number of anilines is 1. The first-order chi connectivity index (χ1) is 28.0. The van der Waals surface area contributed by atoms with Crippen LogP contribution >= 0.6 is 0 Å². The summed E-state index contributed by atoms with van der Waals surface area (Å²) in [5, 5.41) is 17.4. The van der Waals surface area contributed by atoms with E-state index >= 15 is 0 Å². The standard InChI is InChI=1S/C41H54N8O10/c1-41(2,3)59-35(52)16-14-31(47-37(54)29(42)12-15-34(50)51)38(55)45-17-8-20-48-24-28-21-27(11-13-30(28)46-32(40(48)57)22-36(53)58-4)39(56)49(25-33-43-18-19-44-33)23-26-9-6-5-7-10-26/h5-7,9-11,13,18-19,21,29,31-32,46H,8,12,14-17,20,22-25,42H2,1-4H3,(H,43,44)(H,45,55)(H,47,54)(H,50,51)/t29-,31?,32?/m0/s1. The monoisotopic (exact) mass is 818 g/mol. The highest BCUT2D eigenvalue weighted by Gasteiger charge is 2.32. The molecule has 0 bridgehead atoms. The number of aromatic amines is 1. The molecule has 1 aliphatic rings. The molecular weight excluding hydrogens is 764 g/mol. The molecule has 1 aromatic heterocycles. The number of rotatable bonds is 20. The van der Waals surface area contributed by atoms with Crippen molar-refractivity contribution in [1.82, 2.24) is 30.4 Å². The summed E-state index contributed by atoms with van der Waals surface area (Å²) in [6.07, 6.45) is 2.45. The maximum Gasteiger partial charge on any atom is 0.308 e. The number of imidazole rings is 1. The molecule has 318 valence electrons. The molecule has 0 spiro atoms. The lowest BCUT2D eigenvalue weighted by Crippen LogP contribution is -2.52. The largest absolute Gasteiger partial charge is 0.481 e. The van der Waals surface area contributed by atoms with Gasteiger partial charge < -0.3 is 51.0 Å². The van der Waals surface area contributed by atoms with Gasteiger partial charge in [0.1, 0.15) is 23.5 Å². The summed E-state index contributed by atoms with van der Waals surface area (Å²) in [5.74, 6) is -3.75. The van der Waals surface area contributed by atoms with Crippen molar-refractivity contribution in [1.29, 1.82) is 0 Å². The molecular formula is C41H54N8O10. The number of H-pyrrole nitrogens is 1. The first-order valence-corrected chi connectivity index (χ1v) is 19.4. The Bertz CT molecular complexity index is 1930. The zero-order valence-corrected chi connectivity index (χ0v) is 33.8. The molecule has 3 aromatic rings. The van der Waals surface area contributed by atoms with Gasteiger partial charge in [0, 0.05) is 62.7 Å². The smallest absolute Gasteiger partial charge is 0.308 e. The number of methoxy groups -OCH3 is 1. The number of ether oxygens (including phenoxy) is 2. The fourth-order valence-corrected chi connectivity index (χ4v) is 6.30. The van der Waals surface area contributed by atoms with E-state index in [9.17, 15) is 33.6 Å². The van der Waals surface area contributed by atoms with Crippen LogP contribution in [0.5, 0.6) is 0 Å². The van der Waals surface area contributed by atoms with Crippen molar-refractivity contribution in [2.24, 2.45) is 5.73 Å². The van der Waals surface area contributed by atoms with Crippen LogP contribution in [-0.2, 0) is 57.9 Å². The lowest BCUT2D eigenvalue weighted by atomic mass is 10.1. The van der Waals surface area contributed by atoms with E-state index in [1.165, 1.54) is 12.0 Å². The van der Waals surface area contributed by atoms with Crippen LogP contribution in [0.4, 0.5) is 5.69 Å². The Morgan fingerprint density at radius 2 is 1.76 bits per heavy atom. The fourth-order valence-electron chi connectivity index (χ4n) is 6.30.